The number of nitrogens with one attached hydrogen (secondary N) is 1. The molecule has 1 atom stereocenters. The van der Waals surface area contributed by atoms with E-state index < -0.39 is 0 Å². The van der Waals surface area contributed by atoms with Crippen LogP contribution in [0.2, 0.25) is 0 Å². The molecule has 0 amide bonds. The van der Waals surface area contributed by atoms with Crippen LogP contribution in [0.25, 0.3) is 6.08 Å². The predicted molar refractivity (Wildman–Crippen MR) is 116 cm³/mol. The molecule has 1 unspecified atom stereocenters. The van der Waals surface area contributed by atoms with E-state index in [0.717, 1.165) is 54.3 Å². The lowest BCUT2D eigenvalue weighted by atomic mass is 10.2. The van der Waals surface area contributed by atoms with Crippen LogP contribution in [0, 0.1) is 6.92 Å². The second-order valence-electron chi connectivity index (χ2n) is 6.93. The van der Waals surface area contributed by atoms with Crippen molar-refractivity contribution in [3.63, 3.8) is 0 Å². The van der Waals surface area contributed by atoms with Crippen LogP contribution in [0.1, 0.15) is 30.0 Å². The maximum absolute atomic E-state index is 5.47. The molecule has 9 heteroatoms. The van der Waals surface area contributed by atoms with Crippen molar-refractivity contribution < 1.29 is 4.74 Å². The average Bonchev–Trinajstić information content (AvgIpc) is 3.32. The minimum atomic E-state index is 0.165. The molecule has 2 aromatic heterocycles. The summed E-state index contributed by atoms with van der Waals surface area (Å²) in [4.78, 5) is 12.8. The largest absolute Gasteiger partial charge is 0.378 e. The molecule has 4 rings (SSSR count). The third-order valence-electron chi connectivity index (χ3n) is 4.87. The number of aromatic nitrogens is 4. The van der Waals surface area contributed by atoms with Crippen molar-refractivity contribution in [1.29, 1.82) is 0 Å². The highest BCUT2D eigenvalue weighted by molar-refractivity contribution is 7.15. The van der Waals surface area contributed by atoms with Gasteiger partial charge in [0.15, 0.2) is 5.13 Å². The van der Waals surface area contributed by atoms with Crippen molar-refractivity contribution >= 4 is 28.4 Å². The molecule has 4 heterocycles. The molecular formula is C20H25N7OS. The lowest BCUT2D eigenvalue weighted by Gasteiger charge is -2.30. The first kappa shape index (κ1) is 19.5. The summed E-state index contributed by atoms with van der Waals surface area (Å²) in [5, 5.41) is 11.9. The number of hydrogen-bond donors (Lipinski definition) is 1. The zero-order chi connectivity index (χ0) is 20.1. The number of aryl methyl sites for hydroxylation is 1. The van der Waals surface area contributed by atoms with E-state index >= 15 is 0 Å². The topological polar surface area (TPSA) is 80.5 Å². The summed E-state index contributed by atoms with van der Waals surface area (Å²) in [6.07, 6.45) is 14.5. The molecule has 1 N–H and O–H groups in total. The summed E-state index contributed by atoms with van der Waals surface area (Å²) in [5.74, 6) is 0.808. The van der Waals surface area contributed by atoms with Gasteiger partial charge in [0.1, 0.15) is 18.5 Å². The molecule has 2 aliphatic rings. The highest BCUT2D eigenvalue weighted by Gasteiger charge is 2.15. The SMILES string of the molecule is Cc1sc(NC2=NC=CCC(N3CCOCC3)=C2)nc1/C=C\C(C)n1cnnc1. The van der Waals surface area contributed by atoms with Gasteiger partial charge in [0.05, 0.1) is 24.9 Å². The molecule has 8 nitrogen and oxygen atoms in total. The van der Waals surface area contributed by atoms with E-state index in [1.54, 1.807) is 24.0 Å². The molecule has 29 heavy (non-hydrogen) atoms. The Morgan fingerprint density at radius 1 is 1.24 bits per heavy atom. The molecule has 0 aromatic carbocycles. The van der Waals surface area contributed by atoms with Crippen LogP contribution in [0.15, 0.2) is 47.8 Å². The normalized spacial score (nSPS) is 18.5. The van der Waals surface area contributed by atoms with Gasteiger partial charge in [-0.3, -0.25) is 0 Å². The minimum absolute atomic E-state index is 0.165. The summed E-state index contributed by atoms with van der Waals surface area (Å²) in [7, 11) is 0. The van der Waals surface area contributed by atoms with Crippen molar-refractivity contribution in [2.24, 2.45) is 4.99 Å². The highest BCUT2D eigenvalue weighted by Crippen LogP contribution is 2.25. The van der Waals surface area contributed by atoms with E-state index in [-0.39, 0.29) is 6.04 Å². The van der Waals surface area contributed by atoms with Crippen molar-refractivity contribution in [2.45, 2.75) is 26.3 Å². The number of rotatable bonds is 5. The van der Waals surface area contributed by atoms with Crippen molar-refractivity contribution in [3.05, 3.63) is 53.4 Å². The molecule has 0 saturated carbocycles. The monoisotopic (exact) mass is 411 g/mol. The van der Waals surface area contributed by atoms with E-state index in [0.29, 0.717) is 0 Å². The Kier molecular flexibility index (Phi) is 6.16. The van der Waals surface area contributed by atoms with Gasteiger partial charge in [0.2, 0.25) is 0 Å². The first-order valence-corrected chi connectivity index (χ1v) is 10.5. The van der Waals surface area contributed by atoms with Gasteiger partial charge in [-0.1, -0.05) is 12.2 Å². The summed E-state index contributed by atoms with van der Waals surface area (Å²) < 4.78 is 7.41. The molecule has 0 radical (unpaired) electrons. The number of aliphatic imine (C=N–C) groups is 1. The van der Waals surface area contributed by atoms with Crippen molar-refractivity contribution in [1.82, 2.24) is 24.6 Å². The van der Waals surface area contributed by atoms with Gasteiger partial charge in [0.25, 0.3) is 0 Å². The fourth-order valence-corrected chi connectivity index (χ4v) is 3.98. The molecule has 2 aliphatic heterocycles. The van der Waals surface area contributed by atoms with E-state index in [1.807, 2.05) is 16.8 Å². The fourth-order valence-electron chi connectivity index (χ4n) is 3.17. The summed E-state index contributed by atoms with van der Waals surface area (Å²) in [5.41, 5.74) is 2.21. The Morgan fingerprint density at radius 3 is 2.83 bits per heavy atom. The Balaban J connectivity index is 1.45. The van der Waals surface area contributed by atoms with Crippen LogP contribution in [0.5, 0.6) is 0 Å². The number of thiazole rings is 1. The van der Waals surface area contributed by atoms with Gasteiger partial charge in [-0.15, -0.1) is 21.5 Å². The Labute approximate surface area is 174 Å². The van der Waals surface area contributed by atoms with E-state index in [1.165, 1.54) is 5.70 Å². The van der Waals surface area contributed by atoms with Crippen molar-refractivity contribution in [3.8, 4) is 0 Å². The second-order valence-corrected chi connectivity index (χ2v) is 8.14. The molecule has 0 spiro atoms. The molecule has 1 fully saturated rings. The molecular weight excluding hydrogens is 386 g/mol. The Bertz CT molecular complexity index is 936. The molecule has 152 valence electrons. The van der Waals surface area contributed by atoms with Crippen LogP contribution in [0.3, 0.4) is 0 Å². The summed E-state index contributed by atoms with van der Waals surface area (Å²) >= 11 is 1.63. The zero-order valence-electron chi connectivity index (χ0n) is 16.7. The van der Waals surface area contributed by atoms with Crippen LogP contribution in [0.4, 0.5) is 5.13 Å². The standard InChI is InChI=1S/C20H25N7OS/c1-15(27-13-22-23-14-27)5-6-18-16(2)29-20(24-18)25-19-12-17(4-3-7-21-19)26-8-10-28-11-9-26/h3,5-7,12-15H,4,8-11H2,1-2H3,(H,21,24,25)/b6-5-. The second kappa shape index (κ2) is 9.15. The van der Waals surface area contributed by atoms with Gasteiger partial charge in [-0.2, -0.15) is 0 Å². The molecule has 0 aliphatic carbocycles. The lowest BCUT2D eigenvalue weighted by molar-refractivity contribution is 0.0529. The smallest absolute Gasteiger partial charge is 0.189 e. The first-order valence-electron chi connectivity index (χ1n) is 9.72. The Morgan fingerprint density at radius 2 is 2.03 bits per heavy atom. The third-order valence-corrected chi connectivity index (χ3v) is 5.78. The minimum Gasteiger partial charge on any atom is -0.378 e. The first-order chi connectivity index (χ1) is 14.2. The number of hydrogen-bond acceptors (Lipinski definition) is 8. The van der Waals surface area contributed by atoms with Gasteiger partial charge in [-0.25, -0.2) is 9.98 Å². The van der Waals surface area contributed by atoms with Crippen LogP contribution < -0.4 is 5.32 Å². The van der Waals surface area contributed by atoms with E-state index in [2.05, 4.69) is 57.5 Å². The predicted octanol–water partition coefficient (Wildman–Crippen LogP) is 3.26. The third kappa shape index (κ3) is 4.99. The van der Waals surface area contributed by atoms with E-state index in [4.69, 9.17) is 9.72 Å². The van der Waals surface area contributed by atoms with Gasteiger partial charge in [0, 0.05) is 42.4 Å². The number of anilines is 1. The van der Waals surface area contributed by atoms with Crippen molar-refractivity contribution in [2.75, 3.05) is 31.6 Å². The van der Waals surface area contributed by atoms with Crippen LogP contribution in [-0.2, 0) is 4.74 Å². The lowest BCUT2D eigenvalue weighted by Crippen LogP contribution is -2.35. The number of nitrogens with zero attached hydrogens (tertiary/aromatic N) is 6. The van der Waals surface area contributed by atoms with Crippen LogP contribution >= 0.6 is 11.3 Å². The average molecular weight is 412 g/mol. The van der Waals surface area contributed by atoms with Gasteiger partial charge < -0.3 is 19.5 Å². The number of amidine groups is 1. The fraction of sp³-hybridized carbons (Fsp3) is 0.400. The maximum Gasteiger partial charge on any atom is 0.189 e. The van der Waals surface area contributed by atoms with Gasteiger partial charge >= 0.3 is 0 Å². The summed E-state index contributed by atoms with van der Waals surface area (Å²) in [6, 6.07) is 0.165. The number of allylic oxidation sites excluding steroid dienone is 2. The number of ether oxygens (including phenoxy) is 1. The summed E-state index contributed by atoms with van der Waals surface area (Å²) in [6.45, 7) is 7.55. The number of morpholine rings is 1. The quantitative estimate of drug-likeness (QED) is 0.813. The molecule has 2 aromatic rings. The molecule has 1 saturated heterocycles. The van der Waals surface area contributed by atoms with E-state index in [9.17, 15) is 0 Å². The van der Waals surface area contributed by atoms with Gasteiger partial charge in [-0.05, 0) is 19.9 Å². The highest BCUT2D eigenvalue weighted by atomic mass is 32.1. The molecule has 0 bridgehead atoms. The zero-order valence-corrected chi connectivity index (χ0v) is 17.5. The Hall–Kier alpha value is -2.78. The maximum atomic E-state index is 5.47. The van der Waals surface area contributed by atoms with Crippen LogP contribution in [-0.4, -0.2) is 56.8 Å².